The van der Waals surface area contributed by atoms with E-state index < -0.39 is 10.0 Å². The molecule has 1 rings (SSSR count). The Morgan fingerprint density at radius 1 is 1.12 bits per heavy atom. The molecular weight excluding hydrogens is 234 g/mol. The Balaban J connectivity index is 2.95. The van der Waals surface area contributed by atoms with E-state index in [0.29, 0.717) is 11.4 Å². The van der Waals surface area contributed by atoms with Crippen LogP contribution in [0, 0.1) is 0 Å². The average Bonchev–Trinajstić information content (AvgIpc) is 2.34. The third kappa shape index (κ3) is 4.13. The normalized spacial score (nSPS) is 11.6. The second-order valence-electron chi connectivity index (χ2n) is 4.11. The maximum absolute atomic E-state index is 12.1. The number of unbranched alkanes of at least 4 members (excludes halogenated alkanes) is 1. The van der Waals surface area contributed by atoms with Crippen molar-refractivity contribution in [1.29, 1.82) is 0 Å². The van der Waals surface area contributed by atoms with Crippen molar-refractivity contribution in [3.8, 4) is 0 Å². The number of rotatable bonds is 7. The van der Waals surface area contributed by atoms with Gasteiger partial charge in [-0.3, -0.25) is 0 Å². The number of sulfonamides is 1. The molecule has 4 heteroatoms. The second kappa shape index (κ2) is 6.77. The minimum absolute atomic E-state index is 0.432. The third-order valence-electron chi connectivity index (χ3n) is 2.60. The predicted octanol–water partition coefficient (Wildman–Crippen LogP) is 2.72. The first kappa shape index (κ1) is 14.2. The van der Waals surface area contributed by atoms with Gasteiger partial charge >= 0.3 is 0 Å². The Labute approximate surface area is 104 Å². The molecule has 1 aromatic carbocycles. The molecule has 96 valence electrons. The van der Waals surface area contributed by atoms with Crippen molar-refractivity contribution in [3.05, 3.63) is 29.8 Å². The fourth-order valence-electron chi connectivity index (χ4n) is 1.65. The molecule has 0 fully saturated rings. The quantitative estimate of drug-likeness (QED) is 0.814. The van der Waals surface area contributed by atoms with E-state index in [4.69, 9.17) is 0 Å². The SMILES string of the molecule is CCCCc1ccccc1S(=O)(=O)NCCC. The summed E-state index contributed by atoms with van der Waals surface area (Å²) in [5, 5.41) is 0. The van der Waals surface area contributed by atoms with E-state index in [1.807, 2.05) is 19.1 Å². The summed E-state index contributed by atoms with van der Waals surface area (Å²) >= 11 is 0. The Bertz CT molecular complexity index is 440. The molecule has 0 aliphatic rings. The van der Waals surface area contributed by atoms with Gasteiger partial charge in [0.1, 0.15) is 0 Å². The van der Waals surface area contributed by atoms with Gasteiger partial charge < -0.3 is 0 Å². The highest BCUT2D eigenvalue weighted by Crippen LogP contribution is 2.17. The minimum atomic E-state index is -3.33. The summed E-state index contributed by atoms with van der Waals surface area (Å²) in [5.41, 5.74) is 0.915. The van der Waals surface area contributed by atoms with Crippen LogP contribution in [0.3, 0.4) is 0 Å². The molecule has 0 spiro atoms. The van der Waals surface area contributed by atoms with Crippen LogP contribution >= 0.6 is 0 Å². The van der Waals surface area contributed by atoms with E-state index in [2.05, 4.69) is 11.6 Å². The maximum Gasteiger partial charge on any atom is 0.240 e. The highest BCUT2D eigenvalue weighted by Gasteiger charge is 2.16. The lowest BCUT2D eigenvalue weighted by Crippen LogP contribution is -2.25. The molecule has 0 aliphatic heterocycles. The number of nitrogens with one attached hydrogen (secondary N) is 1. The zero-order valence-corrected chi connectivity index (χ0v) is 11.4. The average molecular weight is 255 g/mol. The lowest BCUT2D eigenvalue weighted by Gasteiger charge is -2.10. The summed E-state index contributed by atoms with van der Waals surface area (Å²) in [6, 6.07) is 7.25. The van der Waals surface area contributed by atoms with Gasteiger partial charge in [-0.15, -0.1) is 0 Å². The van der Waals surface area contributed by atoms with E-state index in [-0.39, 0.29) is 0 Å². The van der Waals surface area contributed by atoms with Crippen LogP contribution in [-0.2, 0) is 16.4 Å². The molecule has 1 aromatic rings. The van der Waals surface area contributed by atoms with Crippen LogP contribution in [0.15, 0.2) is 29.2 Å². The van der Waals surface area contributed by atoms with Crippen LogP contribution in [0.2, 0.25) is 0 Å². The first-order chi connectivity index (χ1) is 8.11. The summed E-state index contributed by atoms with van der Waals surface area (Å²) < 4.78 is 26.7. The molecule has 0 heterocycles. The summed E-state index contributed by atoms with van der Waals surface area (Å²) in [6.45, 7) is 4.54. The van der Waals surface area contributed by atoms with Gasteiger partial charge in [0.15, 0.2) is 0 Å². The zero-order valence-electron chi connectivity index (χ0n) is 10.6. The smallest absolute Gasteiger partial charge is 0.211 e. The fraction of sp³-hybridized carbons (Fsp3) is 0.538. The first-order valence-corrected chi connectivity index (χ1v) is 7.67. The van der Waals surface area contributed by atoms with Crippen LogP contribution in [-0.4, -0.2) is 15.0 Å². The molecule has 0 saturated carbocycles. The molecule has 0 atom stereocenters. The number of aryl methyl sites for hydroxylation is 1. The molecular formula is C13H21NO2S. The van der Waals surface area contributed by atoms with Crippen molar-refractivity contribution in [3.63, 3.8) is 0 Å². The van der Waals surface area contributed by atoms with Gasteiger partial charge in [-0.05, 0) is 30.9 Å². The molecule has 0 unspecified atom stereocenters. The Morgan fingerprint density at radius 3 is 2.47 bits per heavy atom. The molecule has 17 heavy (non-hydrogen) atoms. The zero-order chi connectivity index (χ0) is 12.7. The topological polar surface area (TPSA) is 46.2 Å². The van der Waals surface area contributed by atoms with Crippen molar-refractivity contribution in [2.45, 2.75) is 44.4 Å². The van der Waals surface area contributed by atoms with Crippen LogP contribution in [0.5, 0.6) is 0 Å². The molecule has 0 aliphatic carbocycles. The number of hydrogen-bond acceptors (Lipinski definition) is 2. The summed E-state index contributed by atoms with van der Waals surface area (Å²) in [4.78, 5) is 0.432. The van der Waals surface area contributed by atoms with Gasteiger partial charge in [-0.1, -0.05) is 38.5 Å². The summed E-state index contributed by atoms with van der Waals surface area (Å²) in [7, 11) is -3.33. The standard InChI is InChI=1S/C13H21NO2S/c1-3-5-8-12-9-6-7-10-13(12)17(15,16)14-11-4-2/h6-7,9-10,14H,3-5,8,11H2,1-2H3. The lowest BCUT2D eigenvalue weighted by atomic mass is 10.1. The molecule has 0 aromatic heterocycles. The number of hydrogen-bond donors (Lipinski definition) is 1. The van der Waals surface area contributed by atoms with E-state index in [9.17, 15) is 8.42 Å². The van der Waals surface area contributed by atoms with Gasteiger partial charge in [0.05, 0.1) is 4.90 Å². The molecule has 0 radical (unpaired) electrons. The largest absolute Gasteiger partial charge is 0.240 e. The van der Waals surface area contributed by atoms with Gasteiger partial charge in [0.25, 0.3) is 0 Å². The Kier molecular flexibility index (Phi) is 5.65. The Hall–Kier alpha value is -0.870. The van der Waals surface area contributed by atoms with Crippen LogP contribution in [0.25, 0.3) is 0 Å². The minimum Gasteiger partial charge on any atom is -0.211 e. The molecule has 0 amide bonds. The van der Waals surface area contributed by atoms with E-state index in [0.717, 1.165) is 31.2 Å². The maximum atomic E-state index is 12.1. The van der Waals surface area contributed by atoms with Crippen molar-refractivity contribution in [1.82, 2.24) is 4.72 Å². The molecule has 0 saturated heterocycles. The van der Waals surface area contributed by atoms with Gasteiger partial charge in [0.2, 0.25) is 10.0 Å². The summed E-state index contributed by atoms with van der Waals surface area (Å²) in [6.07, 6.45) is 3.70. The van der Waals surface area contributed by atoms with E-state index in [1.165, 1.54) is 0 Å². The molecule has 1 N–H and O–H groups in total. The highest BCUT2D eigenvalue weighted by molar-refractivity contribution is 7.89. The number of benzene rings is 1. The second-order valence-corrected chi connectivity index (χ2v) is 5.84. The van der Waals surface area contributed by atoms with Crippen LogP contribution in [0.4, 0.5) is 0 Å². The predicted molar refractivity (Wildman–Crippen MR) is 70.5 cm³/mol. The summed E-state index contributed by atoms with van der Waals surface area (Å²) in [5.74, 6) is 0. The fourth-order valence-corrected chi connectivity index (χ4v) is 3.06. The van der Waals surface area contributed by atoms with Crippen molar-refractivity contribution >= 4 is 10.0 Å². The Morgan fingerprint density at radius 2 is 1.82 bits per heavy atom. The van der Waals surface area contributed by atoms with Crippen molar-refractivity contribution < 1.29 is 8.42 Å². The lowest BCUT2D eigenvalue weighted by molar-refractivity contribution is 0.579. The van der Waals surface area contributed by atoms with E-state index in [1.54, 1.807) is 12.1 Å². The van der Waals surface area contributed by atoms with Crippen LogP contribution in [0.1, 0.15) is 38.7 Å². The van der Waals surface area contributed by atoms with Crippen LogP contribution < -0.4 is 4.72 Å². The van der Waals surface area contributed by atoms with Gasteiger partial charge in [-0.2, -0.15) is 0 Å². The first-order valence-electron chi connectivity index (χ1n) is 6.19. The molecule has 0 bridgehead atoms. The van der Waals surface area contributed by atoms with Gasteiger partial charge in [0, 0.05) is 6.54 Å². The third-order valence-corrected chi connectivity index (χ3v) is 4.17. The monoisotopic (exact) mass is 255 g/mol. The highest BCUT2D eigenvalue weighted by atomic mass is 32.2. The molecule has 3 nitrogen and oxygen atoms in total. The van der Waals surface area contributed by atoms with Gasteiger partial charge in [-0.25, -0.2) is 13.1 Å². The van der Waals surface area contributed by atoms with Crippen molar-refractivity contribution in [2.24, 2.45) is 0 Å². The van der Waals surface area contributed by atoms with Crippen molar-refractivity contribution in [2.75, 3.05) is 6.54 Å². The van der Waals surface area contributed by atoms with E-state index >= 15 is 0 Å².